The van der Waals surface area contributed by atoms with Gasteiger partial charge in [0.15, 0.2) is 6.10 Å². The minimum atomic E-state index is -1.00. The lowest BCUT2D eigenvalue weighted by Crippen LogP contribution is -2.27. The summed E-state index contributed by atoms with van der Waals surface area (Å²) >= 11 is 0. The summed E-state index contributed by atoms with van der Waals surface area (Å²) in [6.45, 7) is 4.51. The molecule has 0 aromatic heterocycles. The van der Waals surface area contributed by atoms with Gasteiger partial charge in [0.25, 0.3) is 0 Å². The van der Waals surface area contributed by atoms with E-state index >= 15 is 0 Å². The molecule has 0 saturated heterocycles. The van der Waals surface area contributed by atoms with Crippen LogP contribution in [-0.2, 0) is 14.3 Å². The van der Waals surface area contributed by atoms with Crippen LogP contribution in [0.1, 0.15) is 181 Å². The van der Waals surface area contributed by atoms with Gasteiger partial charge < -0.3 is 9.84 Å². The Hall–Kier alpha value is -1.06. The lowest BCUT2D eigenvalue weighted by atomic mass is 10.0. The van der Waals surface area contributed by atoms with Crippen LogP contribution in [0.4, 0.5) is 0 Å². The van der Waals surface area contributed by atoms with Crippen molar-refractivity contribution in [3.05, 3.63) is 0 Å². The molecule has 4 heteroatoms. The van der Waals surface area contributed by atoms with E-state index in [9.17, 15) is 14.7 Å². The number of rotatable bonds is 28. The zero-order valence-corrected chi connectivity index (χ0v) is 23.6. The number of carbonyl (C=O) groups excluding carboxylic acids is 1. The Morgan fingerprint density at radius 2 is 0.829 bits per heavy atom. The molecule has 0 aromatic rings. The van der Waals surface area contributed by atoms with Crippen LogP contribution in [0.5, 0.6) is 0 Å². The fourth-order valence-corrected chi connectivity index (χ4v) is 4.73. The van der Waals surface area contributed by atoms with Crippen molar-refractivity contribution in [1.82, 2.24) is 0 Å². The quantitative estimate of drug-likeness (QED) is 0.0864. The van der Waals surface area contributed by atoms with Gasteiger partial charge in [0, 0.05) is 6.42 Å². The van der Waals surface area contributed by atoms with Gasteiger partial charge >= 0.3 is 11.9 Å². The fourth-order valence-electron chi connectivity index (χ4n) is 4.73. The molecule has 0 aliphatic heterocycles. The number of esters is 1. The van der Waals surface area contributed by atoms with E-state index in [-0.39, 0.29) is 5.97 Å². The Kier molecular flexibility index (Phi) is 26.7. The lowest BCUT2D eigenvalue weighted by molar-refractivity contribution is -0.164. The predicted octanol–water partition coefficient (Wildman–Crippen LogP) is 10.2. The normalized spacial score (nSPS) is 12.1. The maximum atomic E-state index is 12.1. The summed E-state index contributed by atoms with van der Waals surface area (Å²) in [6.07, 6.45) is 29.8. The maximum absolute atomic E-state index is 12.1. The summed E-state index contributed by atoms with van der Waals surface area (Å²) in [5, 5.41) is 9.39. The summed E-state index contributed by atoms with van der Waals surface area (Å²) in [5.41, 5.74) is 0. The first kappa shape index (κ1) is 33.9. The molecule has 0 fully saturated rings. The Morgan fingerprint density at radius 1 is 0.514 bits per heavy atom. The molecule has 0 heterocycles. The Bertz CT molecular complexity index is 463. The number of aliphatic carboxylic acids is 1. The highest BCUT2D eigenvalue weighted by Gasteiger charge is 2.21. The average Bonchev–Trinajstić information content (AvgIpc) is 2.84. The van der Waals surface area contributed by atoms with Gasteiger partial charge in [0.2, 0.25) is 0 Å². The number of carboxylic acids is 1. The molecule has 1 unspecified atom stereocenters. The van der Waals surface area contributed by atoms with E-state index < -0.39 is 12.1 Å². The van der Waals surface area contributed by atoms with Crippen molar-refractivity contribution >= 4 is 11.9 Å². The first-order chi connectivity index (χ1) is 17.1. The number of carboxylic acid groups (broad SMARTS) is 1. The first-order valence-corrected chi connectivity index (χ1v) is 15.5. The van der Waals surface area contributed by atoms with Crippen LogP contribution >= 0.6 is 0 Å². The smallest absolute Gasteiger partial charge is 0.345 e. The van der Waals surface area contributed by atoms with Gasteiger partial charge in [-0.1, -0.05) is 155 Å². The van der Waals surface area contributed by atoms with Gasteiger partial charge in [-0.15, -0.1) is 0 Å². The van der Waals surface area contributed by atoms with E-state index in [1.807, 2.05) is 0 Å². The number of ether oxygens (including phenoxy) is 1. The van der Waals surface area contributed by atoms with E-state index in [4.69, 9.17) is 4.74 Å². The fraction of sp³-hybridized carbons (Fsp3) is 0.935. The van der Waals surface area contributed by atoms with Gasteiger partial charge in [0.05, 0.1) is 0 Å². The Morgan fingerprint density at radius 3 is 1.17 bits per heavy atom. The summed E-state index contributed by atoms with van der Waals surface area (Å²) in [7, 11) is 0. The van der Waals surface area contributed by atoms with Crippen LogP contribution in [0.25, 0.3) is 0 Å². The molecule has 0 aliphatic rings. The molecule has 0 aliphatic carbocycles. The minimum absolute atomic E-state index is 0.344. The van der Waals surface area contributed by atoms with Gasteiger partial charge in [0.1, 0.15) is 0 Å². The molecule has 0 saturated carbocycles. The van der Waals surface area contributed by atoms with Crippen LogP contribution in [0.3, 0.4) is 0 Å². The molecule has 208 valence electrons. The van der Waals surface area contributed by atoms with E-state index in [0.29, 0.717) is 12.8 Å². The van der Waals surface area contributed by atoms with Crippen molar-refractivity contribution in [3.63, 3.8) is 0 Å². The highest BCUT2D eigenvalue weighted by molar-refractivity contribution is 5.77. The number of hydrogen-bond donors (Lipinski definition) is 1. The second-order valence-corrected chi connectivity index (χ2v) is 10.6. The van der Waals surface area contributed by atoms with Gasteiger partial charge in [-0.25, -0.2) is 4.79 Å². The highest BCUT2D eigenvalue weighted by Crippen LogP contribution is 2.16. The molecular weight excluding hydrogens is 436 g/mol. The third-order valence-corrected chi connectivity index (χ3v) is 7.10. The first-order valence-electron chi connectivity index (χ1n) is 15.5. The summed E-state index contributed by atoms with van der Waals surface area (Å²) in [4.78, 5) is 23.5. The Labute approximate surface area is 218 Å². The molecule has 35 heavy (non-hydrogen) atoms. The predicted molar refractivity (Wildman–Crippen MR) is 149 cm³/mol. The van der Waals surface area contributed by atoms with Crippen molar-refractivity contribution in [2.45, 2.75) is 187 Å². The molecule has 4 nitrogen and oxygen atoms in total. The molecular formula is C31H60O4. The molecule has 0 amide bonds. The maximum Gasteiger partial charge on any atom is 0.345 e. The zero-order valence-electron chi connectivity index (χ0n) is 23.6. The molecule has 0 bridgehead atoms. The van der Waals surface area contributed by atoms with Gasteiger partial charge in [-0.05, 0) is 19.3 Å². The van der Waals surface area contributed by atoms with E-state index in [1.54, 1.807) is 0 Å². The molecule has 0 radical (unpaired) electrons. The van der Waals surface area contributed by atoms with Crippen LogP contribution in [-0.4, -0.2) is 23.1 Å². The number of unbranched alkanes of at least 4 members (excludes halogenated alkanes) is 22. The van der Waals surface area contributed by atoms with Crippen molar-refractivity contribution in [1.29, 1.82) is 0 Å². The lowest BCUT2D eigenvalue weighted by Gasteiger charge is -2.13. The standard InChI is InChI=1S/C31H60O4/c1-3-5-7-9-11-13-15-17-19-21-23-25-27-29(31(33)34)35-30(32)28-26-24-22-20-18-16-14-12-10-8-6-4-2/h29H,3-28H2,1-2H3,(H,33,34). The minimum Gasteiger partial charge on any atom is -0.479 e. The third kappa shape index (κ3) is 25.8. The van der Waals surface area contributed by atoms with E-state index in [0.717, 1.165) is 38.5 Å². The SMILES string of the molecule is CCCCCCCCCCCCCCC(=O)OC(CCCCCCCCCCCCCC)C(=O)O. The number of hydrogen-bond acceptors (Lipinski definition) is 3. The van der Waals surface area contributed by atoms with Gasteiger partial charge in [-0.3, -0.25) is 4.79 Å². The topological polar surface area (TPSA) is 63.6 Å². The van der Waals surface area contributed by atoms with Gasteiger partial charge in [-0.2, -0.15) is 0 Å². The van der Waals surface area contributed by atoms with Crippen LogP contribution in [0.15, 0.2) is 0 Å². The molecule has 0 rings (SSSR count). The monoisotopic (exact) mass is 496 g/mol. The second-order valence-electron chi connectivity index (χ2n) is 10.6. The summed E-state index contributed by atoms with van der Waals surface area (Å²) < 4.78 is 5.27. The van der Waals surface area contributed by atoms with Crippen LogP contribution in [0.2, 0.25) is 0 Å². The zero-order chi connectivity index (χ0) is 25.8. The molecule has 0 aromatic carbocycles. The highest BCUT2D eigenvalue weighted by atomic mass is 16.6. The van der Waals surface area contributed by atoms with E-state index in [2.05, 4.69) is 13.8 Å². The van der Waals surface area contributed by atoms with Crippen molar-refractivity contribution in [3.8, 4) is 0 Å². The number of carbonyl (C=O) groups is 2. The van der Waals surface area contributed by atoms with E-state index in [1.165, 1.54) is 116 Å². The molecule has 0 spiro atoms. The molecule has 1 atom stereocenters. The average molecular weight is 497 g/mol. The summed E-state index contributed by atoms with van der Waals surface area (Å²) in [6, 6.07) is 0. The van der Waals surface area contributed by atoms with Crippen LogP contribution < -0.4 is 0 Å². The second kappa shape index (κ2) is 27.5. The molecule has 1 N–H and O–H groups in total. The third-order valence-electron chi connectivity index (χ3n) is 7.10. The van der Waals surface area contributed by atoms with Crippen molar-refractivity contribution in [2.75, 3.05) is 0 Å². The largest absolute Gasteiger partial charge is 0.479 e. The van der Waals surface area contributed by atoms with Crippen molar-refractivity contribution in [2.24, 2.45) is 0 Å². The van der Waals surface area contributed by atoms with Crippen molar-refractivity contribution < 1.29 is 19.4 Å². The van der Waals surface area contributed by atoms with Crippen LogP contribution in [0, 0.1) is 0 Å². The summed E-state index contributed by atoms with van der Waals surface area (Å²) in [5.74, 6) is -1.35. The Balaban J connectivity index is 3.57.